The zero-order chi connectivity index (χ0) is 15.6. The minimum Gasteiger partial charge on any atom is -0.497 e. The van der Waals surface area contributed by atoms with Crippen molar-refractivity contribution in [1.82, 2.24) is 4.90 Å². The predicted molar refractivity (Wildman–Crippen MR) is 82.3 cm³/mol. The summed E-state index contributed by atoms with van der Waals surface area (Å²) >= 11 is 1.42. The van der Waals surface area contributed by atoms with Gasteiger partial charge in [-0.05, 0) is 36.1 Å². The van der Waals surface area contributed by atoms with Gasteiger partial charge in [-0.1, -0.05) is 0 Å². The van der Waals surface area contributed by atoms with E-state index in [9.17, 15) is 9.59 Å². The molecule has 21 heavy (non-hydrogen) atoms. The highest BCUT2D eigenvalue weighted by Gasteiger charge is 2.19. The topological polar surface area (TPSA) is 66.8 Å². The first-order valence-corrected chi connectivity index (χ1v) is 7.30. The van der Waals surface area contributed by atoms with Gasteiger partial charge in [0.05, 0.1) is 18.4 Å². The highest BCUT2D eigenvalue weighted by molar-refractivity contribution is 7.21. The maximum absolute atomic E-state index is 12.4. The number of benzene rings is 1. The first-order valence-electron chi connectivity index (χ1n) is 6.48. The van der Waals surface area contributed by atoms with Crippen molar-refractivity contribution in [3.8, 4) is 5.75 Å². The molecular formula is C15H17NO4S. The van der Waals surface area contributed by atoms with Crippen LogP contribution in [0.2, 0.25) is 0 Å². The number of aryl methyl sites for hydroxylation is 1. The fraction of sp³-hybridized carbons (Fsp3) is 0.333. The number of carbonyl (C=O) groups excluding carboxylic acids is 1. The molecule has 0 fully saturated rings. The summed E-state index contributed by atoms with van der Waals surface area (Å²) in [7, 11) is 3.23. The second-order valence-electron chi connectivity index (χ2n) is 4.79. The van der Waals surface area contributed by atoms with Crippen LogP contribution < -0.4 is 4.74 Å². The second kappa shape index (κ2) is 6.13. The maximum atomic E-state index is 12.4. The SMILES string of the molecule is COc1ccc2sc(C(=O)N(C)CCC(=O)O)c(C)c2c1. The van der Waals surface area contributed by atoms with Gasteiger partial charge in [-0.25, -0.2) is 0 Å². The fourth-order valence-electron chi connectivity index (χ4n) is 2.07. The third-order valence-electron chi connectivity index (χ3n) is 3.35. The van der Waals surface area contributed by atoms with E-state index in [-0.39, 0.29) is 18.9 Å². The van der Waals surface area contributed by atoms with Gasteiger partial charge in [-0.3, -0.25) is 9.59 Å². The molecule has 0 bridgehead atoms. The Hall–Kier alpha value is -2.08. The number of thiophene rings is 1. The van der Waals surface area contributed by atoms with Gasteiger partial charge >= 0.3 is 5.97 Å². The Balaban J connectivity index is 2.31. The molecule has 5 nitrogen and oxygen atoms in total. The van der Waals surface area contributed by atoms with E-state index in [2.05, 4.69) is 0 Å². The maximum Gasteiger partial charge on any atom is 0.305 e. The number of nitrogens with zero attached hydrogens (tertiary/aromatic N) is 1. The molecule has 0 aliphatic carbocycles. The number of rotatable bonds is 5. The summed E-state index contributed by atoms with van der Waals surface area (Å²) in [6, 6.07) is 5.70. The number of fused-ring (bicyclic) bond motifs is 1. The molecule has 1 amide bonds. The molecule has 0 aliphatic heterocycles. The van der Waals surface area contributed by atoms with Gasteiger partial charge in [-0.2, -0.15) is 0 Å². The van der Waals surface area contributed by atoms with Crippen LogP contribution in [-0.2, 0) is 4.79 Å². The molecule has 2 rings (SSSR count). The Morgan fingerprint density at radius 1 is 1.38 bits per heavy atom. The first kappa shape index (κ1) is 15.3. The number of carboxylic acid groups (broad SMARTS) is 1. The zero-order valence-corrected chi connectivity index (χ0v) is 13.0. The highest BCUT2D eigenvalue weighted by Crippen LogP contribution is 2.33. The van der Waals surface area contributed by atoms with Crippen molar-refractivity contribution < 1.29 is 19.4 Å². The largest absolute Gasteiger partial charge is 0.497 e. The lowest BCUT2D eigenvalue weighted by molar-refractivity contribution is -0.137. The first-order chi connectivity index (χ1) is 9.93. The Labute approximate surface area is 126 Å². The monoisotopic (exact) mass is 307 g/mol. The average molecular weight is 307 g/mol. The van der Waals surface area contributed by atoms with Crippen LogP contribution in [0.4, 0.5) is 0 Å². The van der Waals surface area contributed by atoms with E-state index in [1.807, 2.05) is 25.1 Å². The van der Waals surface area contributed by atoms with Crippen LogP contribution >= 0.6 is 11.3 Å². The van der Waals surface area contributed by atoms with Gasteiger partial charge in [0.25, 0.3) is 5.91 Å². The predicted octanol–water partition coefficient (Wildman–Crippen LogP) is 2.77. The van der Waals surface area contributed by atoms with Gasteiger partial charge in [-0.15, -0.1) is 11.3 Å². The Kier molecular flexibility index (Phi) is 4.47. The van der Waals surface area contributed by atoms with Crippen LogP contribution in [-0.4, -0.2) is 42.6 Å². The van der Waals surface area contributed by atoms with Crippen LogP contribution in [0.25, 0.3) is 10.1 Å². The molecular weight excluding hydrogens is 290 g/mol. The standard InChI is InChI=1S/C15H17NO4S/c1-9-11-8-10(20-3)4-5-12(11)21-14(9)15(19)16(2)7-6-13(17)18/h4-5,8H,6-7H2,1-3H3,(H,17,18). The van der Waals surface area contributed by atoms with Crippen molar-refractivity contribution in [2.75, 3.05) is 20.7 Å². The number of aliphatic carboxylic acids is 1. The van der Waals surface area contributed by atoms with E-state index in [0.717, 1.165) is 21.4 Å². The summed E-state index contributed by atoms with van der Waals surface area (Å²) in [6.45, 7) is 2.10. The summed E-state index contributed by atoms with van der Waals surface area (Å²) < 4.78 is 6.22. The lowest BCUT2D eigenvalue weighted by atomic mass is 10.1. The normalized spacial score (nSPS) is 10.6. The molecule has 112 valence electrons. The quantitative estimate of drug-likeness (QED) is 0.922. The summed E-state index contributed by atoms with van der Waals surface area (Å²) in [5.74, 6) is -0.303. The number of ether oxygens (including phenoxy) is 1. The molecule has 0 unspecified atom stereocenters. The molecule has 0 saturated heterocycles. The van der Waals surface area contributed by atoms with Gasteiger partial charge in [0.2, 0.25) is 0 Å². The van der Waals surface area contributed by atoms with Gasteiger partial charge in [0.1, 0.15) is 5.75 Å². The molecule has 1 N–H and O–H groups in total. The highest BCUT2D eigenvalue weighted by atomic mass is 32.1. The van der Waals surface area contributed by atoms with Crippen molar-refractivity contribution >= 4 is 33.3 Å². The van der Waals surface area contributed by atoms with Crippen molar-refractivity contribution in [2.45, 2.75) is 13.3 Å². The molecule has 0 atom stereocenters. The average Bonchev–Trinajstić information content (AvgIpc) is 2.80. The third kappa shape index (κ3) is 3.16. The number of carbonyl (C=O) groups is 2. The molecule has 1 aromatic carbocycles. The van der Waals surface area contributed by atoms with E-state index in [1.165, 1.54) is 16.2 Å². The number of amides is 1. The van der Waals surface area contributed by atoms with Crippen LogP contribution in [0.1, 0.15) is 21.7 Å². The lowest BCUT2D eigenvalue weighted by Crippen LogP contribution is -2.28. The lowest BCUT2D eigenvalue weighted by Gasteiger charge is -2.15. The van der Waals surface area contributed by atoms with Gasteiger partial charge < -0.3 is 14.7 Å². The van der Waals surface area contributed by atoms with Crippen LogP contribution in [0.5, 0.6) is 5.75 Å². The second-order valence-corrected chi connectivity index (χ2v) is 5.84. The van der Waals surface area contributed by atoms with Crippen molar-refractivity contribution in [3.05, 3.63) is 28.6 Å². The molecule has 0 aliphatic rings. The van der Waals surface area contributed by atoms with Crippen molar-refractivity contribution in [3.63, 3.8) is 0 Å². The molecule has 1 aromatic heterocycles. The number of carboxylic acids is 1. The summed E-state index contributed by atoms with van der Waals surface area (Å²) in [6.07, 6.45) is -0.0556. The van der Waals surface area contributed by atoms with E-state index in [4.69, 9.17) is 9.84 Å². The third-order valence-corrected chi connectivity index (χ3v) is 4.61. The minimum atomic E-state index is -0.910. The Morgan fingerprint density at radius 3 is 2.71 bits per heavy atom. The number of hydrogen-bond acceptors (Lipinski definition) is 4. The van der Waals surface area contributed by atoms with Crippen molar-refractivity contribution in [2.24, 2.45) is 0 Å². The van der Waals surface area contributed by atoms with Gasteiger partial charge in [0, 0.05) is 18.3 Å². The van der Waals surface area contributed by atoms with Gasteiger partial charge in [0.15, 0.2) is 0 Å². The Bertz CT molecular complexity index is 692. The van der Waals surface area contributed by atoms with Crippen LogP contribution in [0.15, 0.2) is 18.2 Å². The van der Waals surface area contributed by atoms with Crippen LogP contribution in [0, 0.1) is 6.92 Å². The van der Waals surface area contributed by atoms with E-state index >= 15 is 0 Å². The summed E-state index contributed by atoms with van der Waals surface area (Å²) in [4.78, 5) is 25.1. The fourth-order valence-corrected chi connectivity index (χ4v) is 3.25. The summed E-state index contributed by atoms with van der Waals surface area (Å²) in [5, 5.41) is 9.69. The molecule has 6 heteroatoms. The van der Waals surface area contributed by atoms with Crippen LogP contribution in [0.3, 0.4) is 0 Å². The number of hydrogen-bond donors (Lipinski definition) is 1. The van der Waals surface area contributed by atoms with E-state index in [0.29, 0.717) is 4.88 Å². The zero-order valence-electron chi connectivity index (χ0n) is 12.2. The van der Waals surface area contributed by atoms with Crippen molar-refractivity contribution in [1.29, 1.82) is 0 Å². The molecule has 0 radical (unpaired) electrons. The molecule has 2 aromatic rings. The molecule has 1 heterocycles. The smallest absolute Gasteiger partial charge is 0.305 e. The number of methoxy groups -OCH3 is 1. The van der Waals surface area contributed by atoms with E-state index in [1.54, 1.807) is 14.2 Å². The summed E-state index contributed by atoms with van der Waals surface area (Å²) in [5.41, 5.74) is 0.904. The Morgan fingerprint density at radius 2 is 2.10 bits per heavy atom. The molecule has 0 spiro atoms. The minimum absolute atomic E-state index is 0.0556. The molecule has 0 saturated carbocycles. The van der Waals surface area contributed by atoms with E-state index < -0.39 is 5.97 Å².